The Hall–Kier alpha value is -2.94. The van der Waals surface area contributed by atoms with Gasteiger partial charge in [-0.1, -0.05) is 18.2 Å². The van der Waals surface area contributed by atoms with Crippen molar-refractivity contribution in [2.75, 3.05) is 5.32 Å². The molecule has 6 heteroatoms. The molecule has 0 atom stereocenters. The van der Waals surface area contributed by atoms with E-state index in [-0.39, 0.29) is 11.4 Å². The Bertz CT molecular complexity index is 620. The van der Waals surface area contributed by atoms with Gasteiger partial charge >= 0.3 is 11.4 Å². The van der Waals surface area contributed by atoms with Crippen LogP contribution < -0.4 is 5.32 Å². The smallest absolute Gasteiger partial charge is 0.350 e. The third-order valence-corrected chi connectivity index (χ3v) is 2.35. The van der Waals surface area contributed by atoms with Crippen molar-refractivity contribution in [2.24, 2.45) is 0 Å². The number of nitrogens with zero attached hydrogens (tertiary/aromatic N) is 3. The van der Waals surface area contributed by atoms with E-state index in [1.54, 1.807) is 12.1 Å². The molecule has 0 spiro atoms. The number of nitrogens with one attached hydrogen (secondary N) is 1. The predicted octanol–water partition coefficient (Wildman–Crippen LogP) is 3.82. The third-order valence-electron chi connectivity index (χ3n) is 2.35. The molecule has 0 saturated heterocycles. The maximum Gasteiger partial charge on any atom is 0.392 e. The van der Waals surface area contributed by atoms with Gasteiger partial charge in [-0.3, -0.25) is 10.1 Å². The van der Waals surface area contributed by atoms with Crippen LogP contribution in [0.15, 0.2) is 48.5 Å². The van der Waals surface area contributed by atoms with Gasteiger partial charge in [0.1, 0.15) is 11.8 Å². The molecule has 0 heterocycles. The second kappa shape index (κ2) is 4.93. The molecule has 0 aliphatic heterocycles. The van der Waals surface area contributed by atoms with Gasteiger partial charge in [0.25, 0.3) is 0 Å². The SMILES string of the molecule is N#[N+]c1ccc(Nc2ccccc2)c([N+](=O)[O-])c1. The van der Waals surface area contributed by atoms with Crippen molar-refractivity contribution in [2.45, 2.75) is 0 Å². The van der Waals surface area contributed by atoms with Crippen LogP contribution in [0.5, 0.6) is 0 Å². The second-order valence-electron chi connectivity index (χ2n) is 3.55. The second-order valence-corrected chi connectivity index (χ2v) is 3.55. The number of benzene rings is 2. The molecule has 0 aliphatic carbocycles. The van der Waals surface area contributed by atoms with Crippen LogP contribution in [0.3, 0.4) is 0 Å². The first-order valence-corrected chi connectivity index (χ1v) is 5.16. The zero-order valence-electron chi connectivity index (χ0n) is 9.28. The first-order valence-electron chi connectivity index (χ1n) is 5.16. The molecule has 0 saturated carbocycles. The lowest BCUT2D eigenvalue weighted by molar-refractivity contribution is -0.383. The lowest BCUT2D eigenvalue weighted by Gasteiger charge is -2.05. The molecule has 0 fully saturated rings. The normalized spacial score (nSPS) is 9.50. The third kappa shape index (κ3) is 2.41. The number of hydrogen-bond acceptors (Lipinski definition) is 4. The molecular formula is C12H9N4O2+. The van der Waals surface area contributed by atoms with Gasteiger partial charge < -0.3 is 5.32 Å². The van der Waals surface area contributed by atoms with Crippen LogP contribution in [-0.4, -0.2) is 4.92 Å². The average molecular weight is 241 g/mol. The van der Waals surface area contributed by atoms with Gasteiger partial charge in [0.15, 0.2) is 4.98 Å². The van der Waals surface area contributed by atoms with E-state index >= 15 is 0 Å². The van der Waals surface area contributed by atoms with Gasteiger partial charge in [0.05, 0.1) is 4.92 Å². The molecule has 2 aromatic rings. The fraction of sp³-hybridized carbons (Fsp3) is 0. The van der Waals surface area contributed by atoms with Crippen LogP contribution in [0.1, 0.15) is 0 Å². The van der Waals surface area contributed by atoms with Gasteiger partial charge in [0, 0.05) is 11.8 Å². The summed E-state index contributed by atoms with van der Waals surface area (Å²) >= 11 is 0. The zero-order chi connectivity index (χ0) is 13.0. The van der Waals surface area contributed by atoms with E-state index in [2.05, 4.69) is 10.3 Å². The molecule has 0 aliphatic rings. The number of hydrogen-bond donors (Lipinski definition) is 1. The minimum atomic E-state index is -0.528. The molecular weight excluding hydrogens is 232 g/mol. The van der Waals surface area contributed by atoms with Gasteiger partial charge in [0.2, 0.25) is 5.39 Å². The average Bonchev–Trinajstić information content (AvgIpc) is 2.40. The van der Waals surface area contributed by atoms with Crippen molar-refractivity contribution < 1.29 is 4.92 Å². The lowest BCUT2D eigenvalue weighted by atomic mass is 10.2. The fourth-order valence-corrected chi connectivity index (χ4v) is 1.52. The number of diazo groups is 1. The molecule has 18 heavy (non-hydrogen) atoms. The summed E-state index contributed by atoms with van der Waals surface area (Å²) in [5.74, 6) is 0. The van der Waals surface area contributed by atoms with Crippen LogP contribution in [0.4, 0.5) is 22.7 Å². The summed E-state index contributed by atoms with van der Waals surface area (Å²) in [5.41, 5.74) is 1.09. The van der Waals surface area contributed by atoms with E-state index in [1.165, 1.54) is 18.2 Å². The van der Waals surface area contributed by atoms with E-state index in [1.807, 2.05) is 18.2 Å². The van der Waals surface area contributed by atoms with Crippen LogP contribution in [0.2, 0.25) is 0 Å². The summed E-state index contributed by atoms with van der Waals surface area (Å²) in [6.07, 6.45) is 0. The van der Waals surface area contributed by atoms with Crippen LogP contribution in [0, 0.1) is 15.5 Å². The van der Waals surface area contributed by atoms with Crippen molar-refractivity contribution in [1.82, 2.24) is 0 Å². The van der Waals surface area contributed by atoms with E-state index in [0.717, 1.165) is 5.69 Å². The number of nitro benzene ring substituents is 1. The number of para-hydroxylation sites is 1. The fourth-order valence-electron chi connectivity index (χ4n) is 1.52. The van der Waals surface area contributed by atoms with Crippen molar-refractivity contribution in [3.8, 4) is 0 Å². The van der Waals surface area contributed by atoms with E-state index in [0.29, 0.717) is 5.69 Å². The Morgan fingerprint density at radius 2 is 1.89 bits per heavy atom. The minimum Gasteiger partial charge on any atom is -0.350 e. The molecule has 2 rings (SSSR count). The highest BCUT2D eigenvalue weighted by Crippen LogP contribution is 2.31. The maximum absolute atomic E-state index is 10.9. The van der Waals surface area contributed by atoms with Crippen LogP contribution >= 0.6 is 0 Å². The Morgan fingerprint density at radius 1 is 1.17 bits per heavy atom. The summed E-state index contributed by atoms with van der Waals surface area (Å²) in [6, 6.07) is 13.3. The summed E-state index contributed by atoms with van der Waals surface area (Å²) in [7, 11) is 0. The van der Waals surface area contributed by atoms with E-state index in [9.17, 15) is 10.1 Å². The first kappa shape index (κ1) is 11.5. The topological polar surface area (TPSA) is 83.3 Å². The van der Waals surface area contributed by atoms with Crippen molar-refractivity contribution in [1.29, 1.82) is 5.39 Å². The van der Waals surface area contributed by atoms with E-state index < -0.39 is 4.92 Å². The molecule has 0 amide bonds. The molecule has 88 valence electrons. The quantitative estimate of drug-likeness (QED) is 0.503. The Balaban J connectivity index is 2.39. The molecule has 0 radical (unpaired) electrons. The summed E-state index contributed by atoms with van der Waals surface area (Å²) in [6.45, 7) is 0. The molecule has 0 bridgehead atoms. The monoisotopic (exact) mass is 241 g/mol. The van der Waals surface area contributed by atoms with Crippen molar-refractivity contribution in [3.63, 3.8) is 0 Å². The van der Waals surface area contributed by atoms with Gasteiger partial charge in [-0.2, -0.15) is 0 Å². The number of nitro groups is 1. The summed E-state index contributed by atoms with van der Waals surface area (Å²) in [5, 5.41) is 22.5. The van der Waals surface area contributed by atoms with Gasteiger partial charge in [-0.25, -0.2) is 0 Å². The summed E-state index contributed by atoms with van der Waals surface area (Å²) in [4.78, 5) is 13.3. The Kier molecular flexibility index (Phi) is 3.16. The van der Waals surface area contributed by atoms with Crippen molar-refractivity contribution in [3.05, 3.63) is 63.6 Å². The zero-order valence-corrected chi connectivity index (χ0v) is 9.28. The molecule has 6 nitrogen and oxygen atoms in total. The first-order chi connectivity index (χ1) is 8.70. The molecule has 0 aromatic heterocycles. The van der Waals surface area contributed by atoms with Crippen LogP contribution in [-0.2, 0) is 0 Å². The predicted molar refractivity (Wildman–Crippen MR) is 67.6 cm³/mol. The van der Waals surface area contributed by atoms with Crippen LogP contribution in [0.25, 0.3) is 4.98 Å². The minimum absolute atomic E-state index is 0.139. The van der Waals surface area contributed by atoms with Crippen molar-refractivity contribution >= 4 is 22.7 Å². The highest BCUT2D eigenvalue weighted by molar-refractivity contribution is 5.73. The van der Waals surface area contributed by atoms with E-state index in [4.69, 9.17) is 5.39 Å². The number of rotatable bonds is 3. The number of anilines is 2. The molecule has 0 unspecified atom stereocenters. The van der Waals surface area contributed by atoms with Gasteiger partial charge in [-0.15, -0.1) is 0 Å². The summed E-state index contributed by atoms with van der Waals surface area (Å²) < 4.78 is 0. The maximum atomic E-state index is 10.9. The highest BCUT2D eigenvalue weighted by atomic mass is 16.6. The lowest BCUT2D eigenvalue weighted by Crippen LogP contribution is -1.96. The molecule has 2 aromatic carbocycles. The van der Waals surface area contributed by atoms with Gasteiger partial charge in [-0.05, 0) is 18.2 Å². The Labute approximate surface area is 103 Å². The highest BCUT2D eigenvalue weighted by Gasteiger charge is 2.19. The molecule has 1 N–H and O–H groups in total. The standard InChI is InChI=1S/C12H9N4O2/c13-15-10-6-7-11(12(8-10)16(17)18)14-9-4-2-1-3-5-9/h1-8,14H/q+1. The largest absolute Gasteiger partial charge is 0.392 e. The Morgan fingerprint density at radius 3 is 2.50 bits per heavy atom.